The van der Waals surface area contributed by atoms with Crippen molar-refractivity contribution in [1.29, 1.82) is 0 Å². The summed E-state index contributed by atoms with van der Waals surface area (Å²) in [5.74, 6) is -0.732. The van der Waals surface area contributed by atoms with Gasteiger partial charge in [-0.3, -0.25) is 29.2 Å². The number of thiazole rings is 1. The zero-order valence-corrected chi connectivity index (χ0v) is 18.8. The minimum absolute atomic E-state index is 0.207. The van der Waals surface area contributed by atoms with E-state index in [0.717, 1.165) is 15.1 Å². The van der Waals surface area contributed by atoms with Crippen molar-refractivity contribution in [3.8, 4) is 0 Å². The lowest BCUT2D eigenvalue weighted by atomic mass is 10.1. The maximum absolute atomic E-state index is 13.5. The van der Waals surface area contributed by atoms with E-state index in [-0.39, 0.29) is 37.1 Å². The summed E-state index contributed by atoms with van der Waals surface area (Å²) in [5, 5.41) is 1.12. The molecule has 0 saturated carbocycles. The number of hydrogen-bond donors (Lipinski definition) is 0. The molecule has 0 unspecified atom stereocenters. The first-order chi connectivity index (χ1) is 16.0. The maximum Gasteiger partial charge on any atom is 0.260 e. The highest BCUT2D eigenvalue weighted by atomic mass is 35.5. The van der Waals surface area contributed by atoms with Crippen LogP contribution in [0.5, 0.6) is 0 Å². The van der Waals surface area contributed by atoms with Crippen molar-refractivity contribution in [2.75, 3.05) is 9.80 Å². The number of carbonyl (C=O) groups is 3. The summed E-state index contributed by atoms with van der Waals surface area (Å²) in [7, 11) is 0. The molecular formula is C24H17ClN4O3S. The molecule has 0 spiro atoms. The normalized spacial score (nSPS) is 13.7. The van der Waals surface area contributed by atoms with Gasteiger partial charge in [0.05, 0.1) is 28.1 Å². The zero-order valence-electron chi connectivity index (χ0n) is 17.3. The highest BCUT2D eigenvalue weighted by molar-refractivity contribution is 7.22. The van der Waals surface area contributed by atoms with Crippen LogP contribution in [-0.4, -0.2) is 27.7 Å². The zero-order chi connectivity index (χ0) is 22.9. The number of pyridine rings is 1. The summed E-state index contributed by atoms with van der Waals surface area (Å²) in [6, 6.07) is 17.4. The van der Waals surface area contributed by atoms with Crippen molar-refractivity contribution in [1.82, 2.24) is 9.97 Å². The fraction of sp³-hybridized carbons (Fsp3) is 0.125. The Morgan fingerprint density at radius 2 is 1.79 bits per heavy atom. The number of amides is 3. The number of halogens is 1. The van der Waals surface area contributed by atoms with Gasteiger partial charge in [-0.25, -0.2) is 4.98 Å². The number of imide groups is 1. The SMILES string of the molecule is O=C(c1ccc(N2C(=O)CCC2=O)cc1)N(Cc1ccccn1)c1nc2ccc(Cl)cc2s1. The third-order valence-corrected chi connectivity index (χ3v) is 6.56. The fourth-order valence-corrected chi connectivity index (χ4v) is 4.89. The number of anilines is 2. The van der Waals surface area contributed by atoms with Gasteiger partial charge in [-0.15, -0.1) is 0 Å². The predicted octanol–water partition coefficient (Wildman–Crippen LogP) is 4.85. The molecule has 33 heavy (non-hydrogen) atoms. The molecule has 1 aliphatic heterocycles. The van der Waals surface area contributed by atoms with Crippen molar-refractivity contribution in [2.45, 2.75) is 19.4 Å². The molecule has 2 aromatic heterocycles. The topological polar surface area (TPSA) is 83.5 Å². The molecule has 1 fully saturated rings. The molecule has 4 aromatic rings. The van der Waals surface area contributed by atoms with E-state index in [1.165, 1.54) is 11.3 Å². The molecule has 0 atom stereocenters. The monoisotopic (exact) mass is 476 g/mol. The number of rotatable bonds is 5. The van der Waals surface area contributed by atoms with E-state index in [2.05, 4.69) is 9.97 Å². The van der Waals surface area contributed by atoms with Crippen LogP contribution < -0.4 is 9.80 Å². The molecule has 7 nitrogen and oxygen atoms in total. The van der Waals surface area contributed by atoms with Crippen molar-refractivity contribution < 1.29 is 14.4 Å². The van der Waals surface area contributed by atoms with Crippen molar-refractivity contribution in [3.63, 3.8) is 0 Å². The van der Waals surface area contributed by atoms with Crippen LogP contribution in [0.1, 0.15) is 28.9 Å². The Kier molecular flexibility index (Phi) is 5.62. The summed E-state index contributed by atoms with van der Waals surface area (Å²) < 4.78 is 0.873. The van der Waals surface area contributed by atoms with Gasteiger partial charge < -0.3 is 0 Å². The van der Waals surface area contributed by atoms with Crippen LogP contribution in [0.2, 0.25) is 5.02 Å². The van der Waals surface area contributed by atoms with Gasteiger partial charge in [0.2, 0.25) is 11.8 Å². The average Bonchev–Trinajstić information content (AvgIpc) is 3.40. The quantitative estimate of drug-likeness (QED) is 0.385. The van der Waals surface area contributed by atoms with Gasteiger partial charge in [0, 0.05) is 29.6 Å². The molecule has 3 amide bonds. The van der Waals surface area contributed by atoms with Crippen molar-refractivity contribution in [2.24, 2.45) is 0 Å². The summed E-state index contributed by atoms with van der Waals surface area (Å²) in [6.45, 7) is 0.234. The lowest BCUT2D eigenvalue weighted by molar-refractivity contribution is -0.121. The van der Waals surface area contributed by atoms with Crippen LogP contribution in [0.3, 0.4) is 0 Å². The molecule has 3 heterocycles. The second-order valence-electron chi connectivity index (χ2n) is 7.49. The second-order valence-corrected chi connectivity index (χ2v) is 8.94. The molecule has 0 radical (unpaired) electrons. The molecule has 0 bridgehead atoms. The molecule has 0 aliphatic carbocycles. The Morgan fingerprint density at radius 3 is 2.48 bits per heavy atom. The van der Waals surface area contributed by atoms with E-state index in [9.17, 15) is 14.4 Å². The number of fused-ring (bicyclic) bond motifs is 1. The molecule has 5 rings (SSSR count). The van der Waals surface area contributed by atoms with Crippen LogP contribution in [-0.2, 0) is 16.1 Å². The van der Waals surface area contributed by atoms with Crippen LogP contribution in [0, 0.1) is 0 Å². The number of aromatic nitrogens is 2. The maximum atomic E-state index is 13.5. The number of benzene rings is 2. The van der Waals surface area contributed by atoms with Gasteiger partial charge in [-0.05, 0) is 54.6 Å². The molecule has 2 aromatic carbocycles. The first-order valence-electron chi connectivity index (χ1n) is 10.2. The van der Waals surface area contributed by atoms with Gasteiger partial charge in [0.15, 0.2) is 5.13 Å². The smallest absolute Gasteiger partial charge is 0.260 e. The van der Waals surface area contributed by atoms with Gasteiger partial charge in [-0.1, -0.05) is 29.0 Å². The molecular weight excluding hydrogens is 460 g/mol. The molecule has 1 aliphatic rings. The van der Waals surface area contributed by atoms with Gasteiger partial charge >= 0.3 is 0 Å². The Bertz CT molecular complexity index is 1360. The molecule has 164 valence electrons. The molecule has 1 saturated heterocycles. The second kappa shape index (κ2) is 8.73. The van der Waals surface area contributed by atoms with E-state index in [4.69, 9.17) is 11.6 Å². The van der Waals surface area contributed by atoms with E-state index >= 15 is 0 Å². The molecule has 0 N–H and O–H groups in total. The number of nitrogens with zero attached hydrogens (tertiary/aromatic N) is 4. The highest BCUT2D eigenvalue weighted by Gasteiger charge is 2.30. The van der Waals surface area contributed by atoms with E-state index in [0.29, 0.717) is 27.1 Å². The van der Waals surface area contributed by atoms with Crippen LogP contribution in [0.15, 0.2) is 66.9 Å². The lowest BCUT2D eigenvalue weighted by Gasteiger charge is -2.20. The van der Waals surface area contributed by atoms with Gasteiger partial charge in [0.25, 0.3) is 5.91 Å². The third-order valence-electron chi connectivity index (χ3n) is 5.29. The third kappa shape index (κ3) is 4.22. The van der Waals surface area contributed by atoms with E-state index in [1.54, 1.807) is 41.4 Å². The van der Waals surface area contributed by atoms with Crippen molar-refractivity contribution >= 4 is 61.7 Å². The summed E-state index contributed by atoms with van der Waals surface area (Å²) in [4.78, 5) is 49.3. The molecule has 9 heteroatoms. The van der Waals surface area contributed by atoms with Crippen molar-refractivity contribution in [3.05, 3.63) is 83.1 Å². The van der Waals surface area contributed by atoms with Gasteiger partial charge in [-0.2, -0.15) is 0 Å². The van der Waals surface area contributed by atoms with Crippen LogP contribution in [0.25, 0.3) is 10.2 Å². The summed E-state index contributed by atoms with van der Waals surface area (Å²) in [5.41, 5.74) is 2.34. The van der Waals surface area contributed by atoms with E-state index < -0.39 is 0 Å². The van der Waals surface area contributed by atoms with E-state index in [1.807, 2.05) is 30.3 Å². The first-order valence-corrected chi connectivity index (χ1v) is 11.4. The highest BCUT2D eigenvalue weighted by Crippen LogP contribution is 2.32. The number of hydrogen-bond acceptors (Lipinski definition) is 6. The Morgan fingerprint density at radius 1 is 1.03 bits per heavy atom. The standard InChI is InChI=1S/C24H17ClN4O3S/c25-16-6-9-19-20(13-16)33-24(27-19)28(14-17-3-1-2-12-26-17)23(32)15-4-7-18(8-5-15)29-21(30)10-11-22(29)31/h1-9,12-13H,10-11,14H2. The Hall–Kier alpha value is -3.62. The largest absolute Gasteiger partial charge is 0.278 e. The summed E-state index contributed by atoms with van der Waals surface area (Å²) >= 11 is 7.49. The summed E-state index contributed by atoms with van der Waals surface area (Å²) in [6.07, 6.45) is 2.09. The minimum atomic E-state index is -0.267. The Labute approximate surface area is 198 Å². The Balaban J connectivity index is 1.49. The lowest BCUT2D eigenvalue weighted by Crippen LogP contribution is -2.31. The average molecular weight is 477 g/mol. The van der Waals surface area contributed by atoms with Gasteiger partial charge in [0.1, 0.15) is 0 Å². The number of carbonyl (C=O) groups excluding carboxylic acids is 3. The fourth-order valence-electron chi connectivity index (χ4n) is 3.66. The minimum Gasteiger partial charge on any atom is -0.278 e. The van der Waals surface area contributed by atoms with Crippen LogP contribution >= 0.6 is 22.9 Å². The predicted molar refractivity (Wildman–Crippen MR) is 128 cm³/mol. The first kappa shape index (κ1) is 21.2. The van der Waals surface area contributed by atoms with Crippen LogP contribution in [0.4, 0.5) is 10.8 Å².